The van der Waals surface area contributed by atoms with E-state index in [0.717, 1.165) is 17.0 Å². The van der Waals surface area contributed by atoms with Gasteiger partial charge in [0.25, 0.3) is 0 Å². The van der Waals surface area contributed by atoms with Crippen LogP contribution in [0.1, 0.15) is 38.3 Å². The average Bonchev–Trinajstić information content (AvgIpc) is 2.84. The van der Waals surface area contributed by atoms with Crippen LogP contribution in [0.25, 0.3) is 10.6 Å². The predicted octanol–water partition coefficient (Wildman–Crippen LogP) is 3.91. The van der Waals surface area contributed by atoms with E-state index in [1.165, 1.54) is 31.4 Å². The fourth-order valence-electron chi connectivity index (χ4n) is 1.88. The molecule has 2 aromatic heterocycles. The number of nitrogen functional groups attached to an aromatic ring is 1. The van der Waals surface area contributed by atoms with Crippen molar-refractivity contribution in [2.45, 2.75) is 39.0 Å². The zero-order valence-corrected chi connectivity index (χ0v) is 11.5. The second-order valence-electron chi connectivity index (χ2n) is 4.39. The Morgan fingerprint density at radius 2 is 2.17 bits per heavy atom. The first kappa shape index (κ1) is 13.0. The molecule has 0 radical (unpaired) electrons. The van der Waals surface area contributed by atoms with Gasteiger partial charge in [-0.15, -0.1) is 11.3 Å². The van der Waals surface area contributed by atoms with Crippen molar-refractivity contribution in [1.82, 2.24) is 9.97 Å². The van der Waals surface area contributed by atoms with Gasteiger partial charge in [-0.25, -0.2) is 9.97 Å². The molecule has 2 N–H and O–H groups in total. The van der Waals surface area contributed by atoms with Crippen molar-refractivity contribution in [3.05, 3.63) is 29.4 Å². The SMILES string of the molecule is CCCCCCc1csc(-c2cccnc2N)n1. The highest BCUT2D eigenvalue weighted by Gasteiger charge is 2.07. The van der Waals surface area contributed by atoms with Gasteiger partial charge in [-0.3, -0.25) is 0 Å². The van der Waals surface area contributed by atoms with Crippen molar-refractivity contribution in [3.63, 3.8) is 0 Å². The molecular formula is C14H19N3S. The molecule has 3 nitrogen and oxygen atoms in total. The van der Waals surface area contributed by atoms with Crippen molar-refractivity contribution in [2.24, 2.45) is 0 Å². The topological polar surface area (TPSA) is 51.8 Å². The number of anilines is 1. The maximum absolute atomic E-state index is 5.86. The fraction of sp³-hybridized carbons (Fsp3) is 0.429. The van der Waals surface area contributed by atoms with E-state index in [2.05, 4.69) is 22.3 Å². The maximum Gasteiger partial charge on any atom is 0.133 e. The van der Waals surface area contributed by atoms with Crippen LogP contribution in [-0.2, 0) is 6.42 Å². The number of aryl methyl sites for hydroxylation is 1. The largest absolute Gasteiger partial charge is 0.383 e. The number of thiazole rings is 1. The minimum atomic E-state index is 0.560. The quantitative estimate of drug-likeness (QED) is 0.802. The van der Waals surface area contributed by atoms with Gasteiger partial charge < -0.3 is 5.73 Å². The van der Waals surface area contributed by atoms with Gasteiger partial charge in [-0.2, -0.15) is 0 Å². The van der Waals surface area contributed by atoms with Gasteiger partial charge in [0.2, 0.25) is 0 Å². The van der Waals surface area contributed by atoms with Crippen LogP contribution in [0.3, 0.4) is 0 Å². The van der Waals surface area contributed by atoms with Crippen LogP contribution >= 0.6 is 11.3 Å². The van der Waals surface area contributed by atoms with E-state index in [-0.39, 0.29) is 0 Å². The first-order valence-electron chi connectivity index (χ1n) is 6.46. The molecule has 0 aliphatic heterocycles. The number of rotatable bonds is 6. The molecule has 2 rings (SSSR count). The molecule has 0 amide bonds. The number of nitrogens with two attached hydrogens (primary N) is 1. The lowest BCUT2D eigenvalue weighted by atomic mass is 10.1. The molecule has 0 atom stereocenters. The molecule has 0 aromatic carbocycles. The first-order valence-corrected chi connectivity index (χ1v) is 7.34. The zero-order chi connectivity index (χ0) is 12.8. The van der Waals surface area contributed by atoms with Crippen LogP contribution in [0.4, 0.5) is 5.82 Å². The molecule has 0 aliphatic carbocycles. The smallest absolute Gasteiger partial charge is 0.133 e. The van der Waals surface area contributed by atoms with E-state index < -0.39 is 0 Å². The third-order valence-corrected chi connectivity index (χ3v) is 3.83. The molecule has 0 spiro atoms. The Morgan fingerprint density at radius 1 is 1.28 bits per heavy atom. The van der Waals surface area contributed by atoms with Gasteiger partial charge >= 0.3 is 0 Å². The minimum Gasteiger partial charge on any atom is -0.383 e. The molecule has 96 valence electrons. The average molecular weight is 261 g/mol. The van der Waals surface area contributed by atoms with Crippen LogP contribution in [0.5, 0.6) is 0 Å². The van der Waals surface area contributed by atoms with Crippen molar-refractivity contribution in [2.75, 3.05) is 5.73 Å². The summed E-state index contributed by atoms with van der Waals surface area (Å²) in [5, 5.41) is 3.11. The van der Waals surface area contributed by atoms with E-state index in [1.807, 2.05) is 12.1 Å². The number of aromatic nitrogens is 2. The number of unbranched alkanes of at least 4 members (excludes halogenated alkanes) is 3. The molecule has 0 aliphatic rings. The highest BCUT2D eigenvalue weighted by molar-refractivity contribution is 7.13. The number of hydrogen-bond donors (Lipinski definition) is 1. The first-order chi connectivity index (χ1) is 8.81. The van der Waals surface area contributed by atoms with Crippen LogP contribution < -0.4 is 5.73 Å². The third-order valence-electron chi connectivity index (χ3n) is 2.91. The van der Waals surface area contributed by atoms with E-state index in [1.54, 1.807) is 17.5 Å². The third kappa shape index (κ3) is 3.29. The lowest BCUT2D eigenvalue weighted by Gasteiger charge is -1.99. The zero-order valence-electron chi connectivity index (χ0n) is 10.7. The van der Waals surface area contributed by atoms with E-state index in [0.29, 0.717) is 5.82 Å². The standard InChI is InChI=1S/C14H19N3S/c1-2-3-4-5-7-11-10-18-14(17-11)12-8-6-9-16-13(12)15/h6,8-10H,2-5,7H2,1H3,(H2,15,16). The summed E-state index contributed by atoms with van der Waals surface area (Å²) in [6.45, 7) is 2.23. The van der Waals surface area contributed by atoms with Crippen molar-refractivity contribution >= 4 is 17.2 Å². The summed E-state index contributed by atoms with van der Waals surface area (Å²) in [4.78, 5) is 8.73. The molecule has 18 heavy (non-hydrogen) atoms. The van der Waals surface area contributed by atoms with Crippen LogP contribution in [0.2, 0.25) is 0 Å². The summed E-state index contributed by atoms with van der Waals surface area (Å²) < 4.78 is 0. The monoisotopic (exact) mass is 261 g/mol. The number of hydrogen-bond acceptors (Lipinski definition) is 4. The molecule has 0 fully saturated rings. The minimum absolute atomic E-state index is 0.560. The van der Waals surface area contributed by atoms with Crippen molar-refractivity contribution in [1.29, 1.82) is 0 Å². The maximum atomic E-state index is 5.86. The molecule has 0 unspecified atom stereocenters. The normalized spacial score (nSPS) is 10.7. The molecule has 0 saturated carbocycles. The molecule has 0 saturated heterocycles. The van der Waals surface area contributed by atoms with Gasteiger partial charge in [-0.05, 0) is 25.0 Å². The number of pyridine rings is 1. The Morgan fingerprint density at radius 3 is 2.94 bits per heavy atom. The van der Waals surface area contributed by atoms with Crippen LogP contribution in [0, 0.1) is 0 Å². The highest BCUT2D eigenvalue weighted by Crippen LogP contribution is 2.27. The summed E-state index contributed by atoms with van der Waals surface area (Å²) in [6, 6.07) is 3.87. The van der Waals surface area contributed by atoms with Crippen LogP contribution in [-0.4, -0.2) is 9.97 Å². The van der Waals surface area contributed by atoms with E-state index in [4.69, 9.17) is 5.73 Å². The van der Waals surface area contributed by atoms with E-state index >= 15 is 0 Å². The number of nitrogens with zero attached hydrogens (tertiary/aromatic N) is 2. The summed E-state index contributed by atoms with van der Waals surface area (Å²) in [5.74, 6) is 0.560. The second-order valence-corrected chi connectivity index (χ2v) is 5.25. The Kier molecular flexibility index (Phi) is 4.70. The van der Waals surface area contributed by atoms with Crippen molar-refractivity contribution < 1.29 is 0 Å². The highest BCUT2D eigenvalue weighted by atomic mass is 32.1. The Bertz CT molecular complexity index is 493. The van der Waals surface area contributed by atoms with Gasteiger partial charge in [-0.1, -0.05) is 26.2 Å². The Hall–Kier alpha value is -1.42. The van der Waals surface area contributed by atoms with Gasteiger partial charge in [0, 0.05) is 11.6 Å². The van der Waals surface area contributed by atoms with Crippen molar-refractivity contribution in [3.8, 4) is 10.6 Å². The predicted molar refractivity (Wildman–Crippen MR) is 77.6 cm³/mol. The summed E-state index contributed by atoms with van der Waals surface area (Å²) in [7, 11) is 0. The lowest BCUT2D eigenvalue weighted by molar-refractivity contribution is 0.662. The molecule has 0 bridgehead atoms. The van der Waals surface area contributed by atoms with E-state index in [9.17, 15) is 0 Å². The molecular weight excluding hydrogens is 242 g/mol. The van der Waals surface area contributed by atoms with Gasteiger partial charge in [0.05, 0.1) is 11.3 Å². The molecule has 2 aromatic rings. The van der Waals surface area contributed by atoms with Gasteiger partial charge in [0.1, 0.15) is 10.8 Å². The summed E-state index contributed by atoms with van der Waals surface area (Å²) >= 11 is 1.65. The van der Waals surface area contributed by atoms with Gasteiger partial charge in [0.15, 0.2) is 0 Å². The summed E-state index contributed by atoms with van der Waals surface area (Å²) in [6.07, 6.45) is 7.87. The Labute approximate surface area is 112 Å². The lowest BCUT2D eigenvalue weighted by Crippen LogP contribution is -1.93. The fourth-order valence-corrected chi connectivity index (χ4v) is 2.76. The molecule has 2 heterocycles. The molecule has 4 heteroatoms. The second kappa shape index (κ2) is 6.50. The summed E-state index contributed by atoms with van der Waals surface area (Å²) in [5.41, 5.74) is 7.98. The Balaban J connectivity index is 2.00. The van der Waals surface area contributed by atoms with Crippen LogP contribution in [0.15, 0.2) is 23.7 Å².